The van der Waals surface area contributed by atoms with Gasteiger partial charge in [0.1, 0.15) is 17.6 Å². The molecule has 2 aromatic carbocycles. The van der Waals surface area contributed by atoms with E-state index in [-0.39, 0.29) is 31.2 Å². The number of benzene rings is 2. The molecule has 0 aromatic heterocycles. The molecule has 9 heteroatoms. The Kier molecular flexibility index (Phi) is 5.95. The molecule has 2 fully saturated rings. The number of carbonyl (C=O) groups excluding carboxylic acids is 3. The minimum absolute atomic E-state index is 0.187. The van der Waals surface area contributed by atoms with Gasteiger partial charge in [-0.2, -0.15) is 0 Å². The van der Waals surface area contributed by atoms with E-state index in [1.807, 2.05) is 18.2 Å². The number of piperidine rings is 1. The minimum atomic E-state index is -0.715. The number of amides is 3. The summed E-state index contributed by atoms with van der Waals surface area (Å²) in [5.41, 5.74) is 2.93. The summed E-state index contributed by atoms with van der Waals surface area (Å²) in [5, 5.41) is 2.31. The molecule has 2 aromatic rings. The standard InChI is InChI=1S/C25H27FN4O4/c1-34-18-4-2-3-16(11-18)14-28-7-9-29(10-8-28)22-13-17(26)12-19-20(22)15-30(25(19)33)21-5-6-23(31)27-24(21)32/h2-4,11-13,21H,5-10,14-15H2,1H3,(H,27,31,32). The third-order valence-corrected chi connectivity index (χ3v) is 6.85. The third kappa shape index (κ3) is 4.23. The average molecular weight is 467 g/mol. The fraction of sp³-hybridized carbons (Fsp3) is 0.400. The van der Waals surface area contributed by atoms with Crippen molar-refractivity contribution < 1.29 is 23.5 Å². The molecular weight excluding hydrogens is 439 g/mol. The number of anilines is 1. The third-order valence-electron chi connectivity index (χ3n) is 6.85. The van der Waals surface area contributed by atoms with Crippen LogP contribution in [0.3, 0.4) is 0 Å². The Bertz CT molecular complexity index is 1150. The maximum Gasteiger partial charge on any atom is 0.255 e. The molecule has 34 heavy (non-hydrogen) atoms. The van der Waals surface area contributed by atoms with Crippen molar-refractivity contribution in [3.8, 4) is 5.75 Å². The van der Waals surface area contributed by atoms with E-state index in [9.17, 15) is 18.8 Å². The highest BCUT2D eigenvalue weighted by Gasteiger charge is 2.41. The second-order valence-electron chi connectivity index (χ2n) is 8.97. The molecule has 3 aliphatic rings. The van der Waals surface area contributed by atoms with Gasteiger partial charge in [-0.15, -0.1) is 0 Å². The van der Waals surface area contributed by atoms with Gasteiger partial charge in [-0.05, 0) is 36.2 Å². The predicted molar refractivity (Wildman–Crippen MR) is 123 cm³/mol. The second-order valence-corrected chi connectivity index (χ2v) is 8.97. The van der Waals surface area contributed by atoms with Crippen molar-refractivity contribution in [2.24, 2.45) is 0 Å². The molecule has 0 saturated carbocycles. The molecule has 3 heterocycles. The molecular formula is C25H27FN4O4. The average Bonchev–Trinajstić information content (AvgIpc) is 3.15. The number of nitrogens with zero attached hydrogens (tertiary/aromatic N) is 3. The van der Waals surface area contributed by atoms with E-state index < -0.39 is 17.8 Å². The fourth-order valence-corrected chi connectivity index (χ4v) is 5.07. The molecule has 1 atom stereocenters. The van der Waals surface area contributed by atoms with E-state index in [0.717, 1.165) is 30.9 Å². The highest BCUT2D eigenvalue weighted by atomic mass is 19.1. The van der Waals surface area contributed by atoms with Gasteiger partial charge in [0, 0.05) is 62.5 Å². The summed E-state index contributed by atoms with van der Waals surface area (Å²) in [4.78, 5) is 42.9. The zero-order valence-electron chi connectivity index (χ0n) is 19.1. The molecule has 0 bridgehead atoms. The number of methoxy groups -OCH3 is 1. The topological polar surface area (TPSA) is 82.2 Å². The molecule has 178 valence electrons. The lowest BCUT2D eigenvalue weighted by atomic mass is 10.0. The number of rotatable bonds is 5. The smallest absolute Gasteiger partial charge is 0.255 e. The molecule has 8 nitrogen and oxygen atoms in total. The lowest BCUT2D eigenvalue weighted by Crippen LogP contribution is -2.52. The number of fused-ring (bicyclic) bond motifs is 1. The Hall–Kier alpha value is -3.46. The van der Waals surface area contributed by atoms with Crippen LogP contribution in [0.2, 0.25) is 0 Å². The van der Waals surface area contributed by atoms with Crippen molar-refractivity contribution in [1.29, 1.82) is 0 Å². The van der Waals surface area contributed by atoms with Gasteiger partial charge >= 0.3 is 0 Å². The molecule has 3 amide bonds. The molecule has 0 radical (unpaired) electrons. The highest BCUT2D eigenvalue weighted by molar-refractivity contribution is 6.06. The molecule has 0 spiro atoms. The van der Waals surface area contributed by atoms with E-state index >= 15 is 0 Å². The van der Waals surface area contributed by atoms with Crippen LogP contribution < -0.4 is 15.0 Å². The normalized spacial score (nSPS) is 21.0. The summed E-state index contributed by atoms with van der Waals surface area (Å²) in [6.45, 7) is 4.04. The van der Waals surface area contributed by atoms with E-state index in [0.29, 0.717) is 24.3 Å². The van der Waals surface area contributed by atoms with Crippen molar-refractivity contribution in [2.45, 2.75) is 32.0 Å². The number of hydrogen-bond acceptors (Lipinski definition) is 6. The van der Waals surface area contributed by atoms with Crippen molar-refractivity contribution in [1.82, 2.24) is 15.1 Å². The van der Waals surface area contributed by atoms with Gasteiger partial charge < -0.3 is 14.5 Å². The summed E-state index contributed by atoms with van der Waals surface area (Å²) in [6, 6.07) is 10.0. The number of piperazine rings is 1. The first-order chi connectivity index (χ1) is 16.4. The summed E-state index contributed by atoms with van der Waals surface area (Å²) < 4.78 is 19.9. The van der Waals surface area contributed by atoms with Gasteiger partial charge in [0.25, 0.3) is 5.91 Å². The molecule has 3 aliphatic heterocycles. The zero-order chi connectivity index (χ0) is 23.8. The van der Waals surface area contributed by atoms with Crippen molar-refractivity contribution >= 4 is 23.4 Å². The fourth-order valence-electron chi connectivity index (χ4n) is 5.07. The number of halogens is 1. The minimum Gasteiger partial charge on any atom is -0.497 e. The van der Waals surface area contributed by atoms with Crippen LogP contribution in [0.15, 0.2) is 36.4 Å². The van der Waals surface area contributed by atoms with Gasteiger partial charge in [-0.25, -0.2) is 4.39 Å². The number of imide groups is 1. The van der Waals surface area contributed by atoms with Gasteiger partial charge in [-0.1, -0.05) is 12.1 Å². The Morgan fingerprint density at radius 1 is 1.09 bits per heavy atom. The lowest BCUT2D eigenvalue weighted by Gasteiger charge is -2.37. The van der Waals surface area contributed by atoms with Gasteiger partial charge in [0.05, 0.1) is 7.11 Å². The van der Waals surface area contributed by atoms with Gasteiger partial charge in [0.15, 0.2) is 0 Å². The Balaban J connectivity index is 1.30. The first-order valence-corrected chi connectivity index (χ1v) is 11.5. The SMILES string of the molecule is COc1cccc(CN2CCN(c3cc(F)cc4c3CN(C3CCC(=O)NC3=O)C4=O)CC2)c1. The maximum atomic E-state index is 14.5. The quantitative estimate of drug-likeness (QED) is 0.678. The van der Waals surface area contributed by atoms with Crippen molar-refractivity contribution in [3.63, 3.8) is 0 Å². The van der Waals surface area contributed by atoms with Gasteiger partial charge in [-0.3, -0.25) is 24.6 Å². The van der Waals surface area contributed by atoms with Crippen LogP contribution in [-0.4, -0.2) is 66.9 Å². The first-order valence-electron chi connectivity index (χ1n) is 11.5. The zero-order valence-corrected chi connectivity index (χ0v) is 19.1. The Labute approximate surface area is 197 Å². The number of hydrogen-bond donors (Lipinski definition) is 1. The van der Waals surface area contributed by atoms with E-state index in [1.165, 1.54) is 22.6 Å². The van der Waals surface area contributed by atoms with Crippen LogP contribution in [0.5, 0.6) is 5.75 Å². The molecule has 5 rings (SSSR count). The first kappa shape index (κ1) is 22.3. The summed E-state index contributed by atoms with van der Waals surface area (Å²) in [5.74, 6) is -0.792. The summed E-state index contributed by atoms with van der Waals surface area (Å²) >= 11 is 0. The monoisotopic (exact) mass is 466 g/mol. The molecule has 2 saturated heterocycles. The van der Waals surface area contributed by atoms with Crippen LogP contribution in [0.25, 0.3) is 0 Å². The summed E-state index contributed by atoms with van der Waals surface area (Å²) in [7, 11) is 1.65. The molecule has 1 N–H and O–H groups in total. The van der Waals surface area contributed by atoms with E-state index in [4.69, 9.17) is 4.74 Å². The van der Waals surface area contributed by atoms with Crippen LogP contribution in [0.1, 0.15) is 34.3 Å². The largest absolute Gasteiger partial charge is 0.497 e. The molecule has 0 aliphatic carbocycles. The van der Waals surface area contributed by atoms with Crippen LogP contribution in [0, 0.1) is 5.82 Å². The van der Waals surface area contributed by atoms with Crippen LogP contribution in [0.4, 0.5) is 10.1 Å². The van der Waals surface area contributed by atoms with Crippen LogP contribution in [-0.2, 0) is 22.7 Å². The molecule has 1 unspecified atom stereocenters. The van der Waals surface area contributed by atoms with E-state index in [2.05, 4.69) is 21.2 Å². The maximum absolute atomic E-state index is 14.5. The van der Waals surface area contributed by atoms with Crippen LogP contribution >= 0.6 is 0 Å². The van der Waals surface area contributed by atoms with E-state index in [1.54, 1.807) is 7.11 Å². The van der Waals surface area contributed by atoms with Gasteiger partial charge in [0.2, 0.25) is 11.8 Å². The Morgan fingerprint density at radius 2 is 1.88 bits per heavy atom. The number of nitrogens with one attached hydrogen (secondary N) is 1. The summed E-state index contributed by atoms with van der Waals surface area (Å²) in [6.07, 6.45) is 0.470. The second kappa shape index (κ2) is 9.06. The van der Waals surface area contributed by atoms with Crippen molar-refractivity contribution in [2.75, 3.05) is 38.2 Å². The van der Waals surface area contributed by atoms with Crippen molar-refractivity contribution in [3.05, 3.63) is 58.9 Å². The predicted octanol–water partition coefficient (Wildman–Crippen LogP) is 1.92. The highest BCUT2D eigenvalue weighted by Crippen LogP contribution is 2.35. The number of carbonyl (C=O) groups is 3. The number of ether oxygens (including phenoxy) is 1. The lowest BCUT2D eigenvalue weighted by molar-refractivity contribution is -0.136. The Morgan fingerprint density at radius 3 is 2.62 bits per heavy atom.